The van der Waals surface area contributed by atoms with Crippen molar-refractivity contribution >= 4 is 45.5 Å². The molecule has 4 aromatic heterocycles. The number of esters is 2. The number of hydrogen-bond donors (Lipinski definition) is 0. The van der Waals surface area contributed by atoms with Crippen LogP contribution in [0.15, 0.2) is 100 Å². The van der Waals surface area contributed by atoms with Gasteiger partial charge in [0.2, 0.25) is 11.5 Å². The van der Waals surface area contributed by atoms with Crippen molar-refractivity contribution in [3.05, 3.63) is 108 Å². The zero-order valence-corrected chi connectivity index (χ0v) is 23.1. The Kier molecular flexibility index (Phi) is 8.41. The third-order valence-electron chi connectivity index (χ3n) is 6.08. The van der Waals surface area contributed by atoms with Crippen molar-refractivity contribution in [1.82, 2.24) is 9.97 Å². The number of nitrogens with zero attached hydrogens (tertiary/aromatic N) is 2. The first-order valence-electron chi connectivity index (χ1n) is 12.9. The summed E-state index contributed by atoms with van der Waals surface area (Å²) in [7, 11) is 0. The Morgan fingerprint density at radius 2 is 1.24 bits per heavy atom. The van der Waals surface area contributed by atoms with E-state index in [0.717, 1.165) is 27.6 Å². The van der Waals surface area contributed by atoms with E-state index in [9.17, 15) is 9.59 Å². The van der Waals surface area contributed by atoms with Crippen LogP contribution in [0, 0.1) is 0 Å². The van der Waals surface area contributed by atoms with Gasteiger partial charge >= 0.3 is 11.9 Å². The highest BCUT2D eigenvalue weighted by Crippen LogP contribution is 2.33. The molecule has 0 amide bonds. The summed E-state index contributed by atoms with van der Waals surface area (Å²) >= 11 is 5.88. The molecule has 0 fully saturated rings. The molecule has 4 heterocycles. The van der Waals surface area contributed by atoms with Crippen LogP contribution in [0.1, 0.15) is 35.0 Å². The fraction of sp³-hybridized carbons (Fsp3) is 0.125. The number of carbonyl (C=O) groups is 2. The Labute approximate surface area is 240 Å². The molecule has 206 valence electrons. The van der Waals surface area contributed by atoms with Gasteiger partial charge in [-0.2, -0.15) is 0 Å². The number of aromatic nitrogens is 2. The maximum atomic E-state index is 12.0. The highest BCUT2D eigenvalue weighted by Gasteiger charge is 2.17. The molecular formula is C32H25ClN2O6. The van der Waals surface area contributed by atoms with Crippen molar-refractivity contribution in [2.75, 3.05) is 13.2 Å². The summed E-state index contributed by atoms with van der Waals surface area (Å²) in [6.45, 7) is 4.11. The van der Waals surface area contributed by atoms with Gasteiger partial charge in [-0.05, 0) is 36.6 Å². The summed E-state index contributed by atoms with van der Waals surface area (Å²) < 4.78 is 20.7. The fourth-order valence-electron chi connectivity index (χ4n) is 4.22. The fourth-order valence-corrected chi connectivity index (χ4v) is 4.42. The second-order valence-electron chi connectivity index (χ2n) is 8.74. The van der Waals surface area contributed by atoms with E-state index in [2.05, 4.69) is 34.2 Å². The van der Waals surface area contributed by atoms with Crippen molar-refractivity contribution in [1.29, 1.82) is 0 Å². The van der Waals surface area contributed by atoms with Gasteiger partial charge in [0.15, 0.2) is 11.2 Å². The molecule has 0 aliphatic carbocycles. The molecule has 8 nitrogen and oxygen atoms in total. The predicted octanol–water partition coefficient (Wildman–Crippen LogP) is 8.00. The maximum absolute atomic E-state index is 12.0. The molecule has 0 saturated carbocycles. The number of halogens is 1. The van der Waals surface area contributed by atoms with Crippen LogP contribution in [0.25, 0.3) is 44.2 Å². The first kappa shape index (κ1) is 27.6. The lowest BCUT2D eigenvalue weighted by Crippen LogP contribution is -2.02. The molecule has 0 unspecified atom stereocenters. The Balaban J connectivity index is 0.000000191. The lowest BCUT2D eigenvalue weighted by molar-refractivity contribution is 0.0484. The Bertz CT molecular complexity index is 1830. The van der Waals surface area contributed by atoms with Crippen LogP contribution in [-0.2, 0) is 9.47 Å². The molecule has 2 aromatic carbocycles. The van der Waals surface area contributed by atoms with E-state index in [0.29, 0.717) is 34.8 Å². The van der Waals surface area contributed by atoms with Crippen LogP contribution in [0.2, 0.25) is 5.02 Å². The number of benzene rings is 2. The van der Waals surface area contributed by atoms with Crippen molar-refractivity contribution < 1.29 is 27.9 Å². The van der Waals surface area contributed by atoms with E-state index >= 15 is 0 Å². The van der Waals surface area contributed by atoms with Gasteiger partial charge in [0, 0.05) is 40.9 Å². The molecule has 0 N–H and O–H groups in total. The molecule has 0 atom stereocenters. The van der Waals surface area contributed by atoms with Crippen molar-refractivity contribution in [2.45, 2.75) is 13.8 Å². The van der Waals surface area contributed by atoms with Crippen molar-refractivity contribution in [3.8, 4) is 22.3 Å². The summed E-state index contributed by atoms with van der Waals surface area (Å²) in [5.74, 6) is -0.630. The van der Waals surface area contributed by atoms with E-state index in [1.54, 1.807) is 38.4 Å². The van der Waals surface area contributed by atoms with Crippen molar-refractivity contribution in [3.63, 3.8) is 0 Å². The normalized spacial score (nSPS) is 10.7. The minimum absolute atomic E-state index is 0.141. The molecule has 0 radical (unpaired) electrons. The van der Waals surface area contributed by atoms with Crippen LogP contribution in [0.3, 0.4) is 0 Å². The molecule has 6 rings (SSSR count). The zero-order chi connectivity index (χ0) is 28.8. The average molecular weight is 569 g/mol. The number of hydrogen-bond acceptors (Lipinski definition) is 8. The first-order chi connectivity index (χ1) is 20.0. The van der Waals surface area contributed by atoms with Crippen LogP contribution in [0.5, 0.6) is 0 Å². The number of rotatable bonds is 6. The van der Waals surface area contributed by atoms with Gasteiger partial charge in [-0.15, -0.1) is 0 Å². The average Bonchev–Trinajstić information content (AvgIpc) is 3.64. The Morgan fingerprint density at radius 1 is 0.683 bits per heavy atom. The molecule has 41 heavy (non-hydrogen) atoms. The largest absolute Gasteiger partial charge is 0.460 e. The summed E-state index contributed by atoms with van der Waals surface area (Å²) in [5, 5.41) is 1.95. The van der Waals surface area contributed by atoms with Gasteiger partial charge in [0.25, 0.3) is 0 Å². The molecule has 0 aliphatic rings. The summed E-state index contributed by atoms with van der Waals surface area (Å²) in [5.41, 5.74) is 5.24. The van der Waals surface area contributed by atoms with E-state index in [-0.39, 0.29) is 11.5 Å². The quantitative estimate of drug-likeness (QED) is 0.186. The number of ether oxygens (including phenoxy) is 2. The molecule has 0 aliphatic heterocycles. The second kappa shape index (κ2) is 12.5. The van der Waals surface area contributed by atoms with E-state index in [1.165, 1.54) is 12.4 Å². The number of furan rings is 2. The highest BCUT2D eigenvalue weighted by molar-refractivity contribution is 6.35. The van der Waals surface area contributed by atoms with Gasteiger partial charge in [-0.1, -0.05) is 60.1 Å². The highest BCUT2D eigenvalue weighted by atomic mass is 35.5. The topological polar surface area (TPSA) is 105 Å². The minimum atomic E-state index is -0.496. The molecule has 0 saturated heterocycles. The van der Waals surface area contributed by atoms with Gasteiger partial charge in [-0.3, -0.25) is 9.97 Å². The monoisotopic (exact) mass is 568 g/mol. The van der Waals surface area contributed by atoms with Gasteiger partial charge in [-0.25, -0.2) is 9.59 Å². The van der Waals surface area contributed by atoms with Crippen molar-refractivity contribution in [2.24, 2.45) is 0 Å². The Hall–Kier alpha value is -4.95. The molecular weight excluding hydrogens is 544 g/mol. The van der Waals surface area contributed by atoms with Gasteiger partial charge < -0.3 is 18.3 Å². The standard InChI is InChI=1S/C22H17NO3.C10H8ClNO3/c1-2-25-22(24)20-12-18-19(13-23-14-21(18)26-20)17-10-6-9-16(11-17)15-7-4-3-5-8-15;1-2-14-10(13)8-3-6-7(11)4-12-5-9(6)15-8/h3-14H,2H2,1H3;3-5H,2H2,1H3. The van der Waals surface area contributed by atoms with Gasteiger partial charge in [0.05, 0.1) is 30.6 Å². The lowest BCUT2D eigenvalue weighted by atomic mass is 9.98. The zero-order valence-electron chi connectivity index (χ0n) is 22.3. The lowest BCUT2D eigenvalue weighted by Gasteiger charge is -2.06. The van der Waals surface area contributed by atoms with Crippen LogP contribution < -0.4 is 0 Å². The summed E-state index contributed by atoms with van der Waals surface area (Å²) in [6.07, 6.45) is 6.40. The molecule has 9 heteroatoms. The number of pyridine rings is 2. The van der Waals surface area contributed by atoms with Crippen LogP contribution >= 0.6 is 11.6 Å². The van der Waals surface area contributed by atoms with Crippen LogP contribution in [0.4, 0.5) is 0 Å². The van der Waals surface area contributed by atoms with Crippen LogP contribution in [-0.4, -0.2) is 35.1 Å². The maximum Gasteiger partial charge on any atom is 0.374 e. The third kappa shape index (κ3) is 6.13. The predicted molar refractivity (Wildman–Crippen MR) is 156 cm³/mol. The SMILES string of the molecule is CCOC(=O)c1cc2c(-c3cccc(-c4ccccc4)c3)cncc2o1.CCOC(=O)c1cc2c(Cl)cncc2o1. The van der Waals surface area contributed by atoms with E-state index < -0.39 is 11.9 Å². The second-order valence-corrected chi connectivity index (χ2v) is 9.15. The number of fused-ring (bicyclic) bond motifs is 2. The van der Waals surface area contributed by atoms with E-state index in [4.69, 9.17) is 29.9 Å². The first-order valence-corrected chi connectivity index (χ1v) is 13.3. The summed E-state index contributed by atoms with van der Waals surface area (Å²) in [4.78, 5) is 31.4. The number of carbonyl (C=O) groups excluding carboxylic acids is 2. The summed E-state index contributed by atoms with van der Waals surface area (Å²) in [6, 6.07) is 21.7. The van der Waals surface area contributed by atoms with Gasteiger partial charge in [0.1, 0.15) is 0 Å². The third-order valence-corrected chi connectivity index (χ3v) is 6.38. The van der Waals surface area contributed by atoms with E-state index in [1.807, 2.05) is 30.3 Å². The smallest absolute Gasteiger partial charge is 0.374 e. The molecule has 6 aromatic rings. The minimum Gasteiger partial charge on any atom is -0.460 e. The molecule has 0 spiro atoms. The Morgan fingerprint density at radius 3 is 1.88 bits per heavy atom. The molecule has 0 bridgehead atoms.